The van der Waals surface area contributed by atoms with Crippen molar-refractivity contribution in [1.82, 2.24) is 14.9 Å². The third kappa shape index (κ3) is 7.63. The van der Waals surface area contributed by atoms with Crippen LogP contribution in [-0.4, -0.2) is 51.4 Å². The number of sulfonamides is 1. The largest absolute Gasteiger partial charge is 0.357 e. The minimum absolute atomic E-state index is 0. The van der Waals surface area contributed by atoms with E-state index in [2.05, 4.69) is 22.2 Å². The van der Waals surface area contributed by atoms with Crippen LogP contribution in [0.15, 0.2) is 34.0 Å². The molecule has 9 heteroatoms. The van der Waals surface area contributed by atoms with Gasteiger partial charge in [-0.2, -0.15) is 4.31 Å². The summed E-state index contributed by atoms with van der Waals surface area (Å²) in [5, 5.41) is 6.29. The standard InChI is InChI=1S/C16H28N4O2S2.HI/c1-5-12-18-16(17-6-2)19-13-11-14-9-10-15(23-14)24(21,22)20(7-3)8-4;/h5,9-10H,1,6-8,11-13H2,2-4H3,(H2,17,18,19);1H. The van der Waals surface area contributed by atoms with Crippen LogP contribution in [0.4, 0.5) is 0 Å². The summed E-state index contributed by atoms with van der Waals surface area (Å²) in [6, 6.07) is 3.57. The summed E-state index contributed by atoms with van der Waals surface area (Å²) < 4.78 is 26.8. The van der Waals surface area contributed by atoms with Gasteiger partial charge in [-0.05, 0) is 19.1 Å². The van der Waals surface area contributed by atoms with E-state index < -0.39 is 10.0 Å². The molecule has 0 radical (unpaired) electrons. The van der Waals surface area contributed by atoms with Gasteiger partial charge in [-0.15, -0.1) is 41.9 Å². The monoisotopic (exact) mass is 500 g/mol. The predicted octanol–water partition coefficient (Wildman–Crippen LogP) is 2.68. The van der Waals surface area contributed by atoms with Crippen molar-refractivity contribution in [3.63, 3.8) is 0 Å². The van der Waals surface area contributed by atoms with Gasteiger partial charge in [0, 0.05) is 44.0 Å². The van der Waals surface area contributed by atoms with Crippen molar-refractivity contribution in [3.05, 3.63) is 29.7 Å². The molecule has 0 bridgehead atoms. The maximum absolute atomic E-state index is 12.5. The Kier molecular flexibility index (Phi) is 12.3. The number of thiophene rings is 1. The van der Waals surface area contributed by atoms with Gasteiger partial charge >= 0.3 is 0 Å². The SMILES string of the molecule is C=CCNC(=NCCc1ccc(S(=O)(=O)N(CC)CC)s1)NCC.I. The Labute approximate surface area is 172 Å². The Morgan fingerprint density at radius 2 is 1.96 bits per heavy atom. The van der Waals surface area contributed by atoms with Crippen LogP contribution in [0.5, 0.6) is 0 Å². The summed E-state index contributed by atoms with van der Waals surface area (Å²) in [6.07, 6.45) is 2.49. The highest BCUT2D eigenvalue weighted by Gasteiger charge is 2.23. The van der Waals surface area contributed by atoms with Crippen LogP contribution in [0, 0.1) is 0 Å². The lowest BCUT2D eigenvalue weighted by atomic mass is 10.3. The van der Waals surface area contributed by atoms with Crippen LogP contribution < -0.4 is 10.6 Å². The van der Waals surface area contributed by atoms with Crippen molar-refractivity contribution in [2.24, 2.45) is 4.99 Å². The Morgan fingerprint density at radius 3 is 2.52 bits per heavy atom. The minimum atomic E-state index is -3.36. The lowest BCUT2D eigenvalue weighted by Crippen LogP contribution is -2.37. The molecule has 0 saturated heterocycles. The first-order valence-electron chi connectivity index (χ1n) is 8.21. The molecule has 1 aromatic heterocycles. The Bertz CT molecular complexity index is 640. The summed E-state index contributed by atoms with van der Waals surface area (Å²) in [5.41, 5.74) is 0. The topological polar surface area (TPSA) is 73.8 Å². The van der Waals surface area contributed by atoms with Crippen molar-refractivity contribution >= 4 is 51.3 Å². The van der Waals surface area contributed by atoms with Crippen LogP contribution in [-0.2, 0) is 16.4 Å². The summed E-state index contributed by atoms with van der Waals surface area (Å²) >= 11 is 1.33. The zero-order valence-electron chi connectivity index (χ0n) is 15.1. The van der Waals surface area contributed by atoms with E-state index in [1.165, 1.54) is 15.6 Å². The molecule has 2 N–H and O–H groups in total. The molecule has 6 nitrogen and oxygen atoms in total. The predicted molar refractivity (Wildman–Crippen MR) is 118 cm³/mol. The Balaban J connectivity index is 0.00000576. The normalized spacial score (nSPS) is 11.9. The molecule has 0 saturated carbocycles. The highest BCUT2D eigenvalue weighted by atomic mass is 127. The van der Waals surface area contributed by atoms with Gasteiger partial charge in [0.1, 0.15) is 4.21 Å². The fourth-order valence-electron chi connectivity index (χ4n) is 2.11. The fraction of sp³-hybridized carbons (Fsp3) is 0.562. The van der Waals surface area contributed by atoms with Crippen molar-refractivity contribution in [3.8, 4) is 0 Å². The van der Waals surface area contributed by atoms with E-state index in [1.54, 1.807) is 12.1 Å². The molecular formula is C16H29IN4O2S2. The summed E-state index contributed by atoms with van der Waals surface area (Å²) in [4.78, 5) is 5.50. The van der Waals surface area contributed by atoms with E-state index in [0.29, 0.717) is 36.8 Å². The number of nitrogens with zero attached hydrogens (tertiary/aromatic N) is 2. The third-order valence-electron chi connectivity index (χ3n) is 3.32. The molecule has 144 valence electrons. The first-order valence-corrected chi connectivity index (χ1v) is 10.5. The van der Waals surface area contributed by atoms with Crippen LogP contribution >= 0.6 is 35.3 Å². The Morgan fingerprint density at radius 1 is 1.28 bits per heavy atom. The molecule has 0 amide bonds. The van der Waals surface area contributed by atoms with E-state index >= 15 is 0 Å². The second kappa shape index (κ2) is 12.7. The average molecular weight is 500 g/mol. The zero-order chi connectivity index (χ0) is 18.0. The van der Waals surface area contributed by atoms with Crippen LogP contribution in [0.2, 0.25) is 0 Å². The molecule has 0 aliphatic carbocycles. The van der Waals surface area contributed by atoms with Crippen molar-refractivity contribution in [1.29, 1.82) is 0 Å². The lowest BCUT2D eigenvalue weighted by Gasteiger charge is -2.16. The van der Waals surface area contributed by atoms with Crippen LogP contribution in [0.25, 0.3) is 0 Å². The maximum atomic E-state index is 12.5. The molecule has 1 rings (SSSR count). The van der Waals surface area contributed by atoms with E-state index in [1.807, 2.05) is 26.8 Å². The van der Waals surface area contributed by atoms with E-state index in [4.69, 9.17) is 0 Å². The number of guanidine groups is 1. The molecular weight excluding hydrogens is 471 g/mol. The van der Waals surface area contributed by atoms with Gasteiger partial charge < -0.3 is 10.6 Å². The highest BCUT2D eigenvalue weighted by Crippen LogP contribution is 2.25. The van der Waals surface area contributed by atoms with Gasteiger partial charge in [0.2, 0.25) is 0 Å². The van der Waals surface area contributed by atoms with Gasteiger partial charge in [-0.25, -0.2) is 8.42 Å². The molecule has 0 spiro atoms. The van der Waals surface area contributed by atoms with Gasteiger partial charge in [0.15, 0.2) is 5.96 Å². The maximum Gasteiger partial charge on any atom is 0.252 e. The van der Waals surface area contributed by atoms with Gasteiger partial charge in [0.05, 0.1) is 0 Å². The molecule has 0 aromatic carbocycles. The third-order valence-corrected chi connectivity index (χ3v) is 6.99. The van der Waals surface area contributed by atoms with Gasteiger partial charge in [-0.3, -0.25) is 4.99 Å². The van der Waals surface area contributed by atoms with Gasteiger partial charge in [-0.1, -0.05) is 19.9 Å². The van der Waals surface area contributed by atoms with Crippen molar-refractivity contribution in [2.45, 2.75) is 31.4 Å². The fourth-order valence-corrected chi connectivity index (χ4v) is 5.07. The molecule has 0 aliphatic rings. The highest BCUT2D eigenvalue weighted by molar-refractivity contribution is 14.0. The molecule has 0 fully saturated rings. The molecule has 1 aromatic rings. The van der Waals surface area contributed by atoms with Crippen LogP contribution in [0.3, 0.4) is 0 Å². The molecule has 25 heavy (non-hydrogen) atoms. The molecule has 0 atom stereocenters. The number of hydrogen-bond acceptors (Lipinski definition) is 4. The van der Waals surface area contributed by atoms with E-state index in [-0.39, 0.29) is 24.0 Å². The quantitative estimate of drug-likeness (QED) is 0.224. The summed E-state index contributed by atoms with van der Waals surface area (Å²) in [6.45, 7) is 12.4. The van der Waals surface area contributed by atoms with Gasteiger partial charge in [0.25, 0.3) is 10.0 Å². The number of aliphatic imine (C=N–C) groups is 1. The second-order valence-electron chi connectivity index (χ2n) is 4.99. The smallest absolute Gasteiger partial charge is 0.252 e. The van der Waals surface area contributed by atoms with Crippen LogP contribution in [0.1, 0.15) is 25.6 Å². The lowest BCUT2D eigenvalue weighted by molar-refractivity contribution is 0.447. The summed E-state index contributed by atoms with van der Waals surface area (Å²) in [7, 11) is -3.36. The number of hydrogen-bond donors (Lipinski definition) is 2. The van der Waals surface area contributed by atoms with E-state index in [0.717, 1.165) is 17.4 Å². The first kappa shape index (κ1) is 24.4. The second-order valence-corrected chi connectivity index (χ2v) is 8.32. The minimum Gasteiger partial charge on any atom is -0.357 e. The van der Waals surface area contributed by atoms with Crippen molar-refractivity contribution < 1.29 is 8.42 Å². The average Bonchev–Trinajstić information content (AvgIpc) is 3.03. The number of halogens is 1. The summed E-state index contributed by atoms with van der Waals surface area (Å²) in [5.74, 6) is 0.741. The molecule has 1 heterocycles. The van der Waals surface area contributed by atoms with Crippen molar-refractivity contribution in [2.75, 3.05) is 32.7 Å². The zero-order valence-corrected chi connectivity index (χ0v) is 19.1. The van der Waals surface area contributed by atoms with E-state index in [9.17, 15) is 8.42 Å². The molecule has 0 unspecified atom stereocenters. The first-order chi connectivity index (χ1) is 11.5. The Hall–Kier alpha value is -0.650. The molecule has 0 aliphatic heterocycles. The number of rotatable bonds is 10. The number of nitrogens with one attached hydrogen (secondary N) is 2.